The minimum Gasteiger partial charge on any atom is -0.355 e. The molecule has 17 heavy (non-hydrogen) atoms. The van der Waals surface area contributed by atoms with Crippen molar-refractivity contribution in [2.75, 3.05) is 6.54 Å². The van der Waals surface area contributed by atoms with Gasteiger partial charge in [0, 0.05) is 12.1 Å². The molecule has 1 rings (SSSR count). The van der Waals surface area contributed by atoms with E-state index in [2.05, 4.69) is 10.6 Å². The second kappa shape index (κ2) is 5.61. The van der Waals surface area contributed by atoms with Gasteiger partial charge in [-0.15, -0.1) is 0 Å². The first kappa shape index (κ1) is 13.4. The molecule has 3 amide bonds. The van der Waals surface area contributed by atoms with Crippen molar-refractivity contribution in [2.24, 2.45) is 11.8 Å². The van der Waals surface area contributed by atoms with E-state index >= 15 is 0 Å². The van der Waals surface area contributed by atoms with Crippen molar-refractivity contribution < 1.29 is 14.4 Å². The fourth-order valence-corrected chi connectivity index (χ4v) is 1.48. The molecule has 1 aliphatic heterocycles. The van der Waals surface area contributed by atoms with Crippen molar-refractivity contribution in [3.63, 3.8) is 0 Å². The molecule has 0 aromatic rings. The lowest BCUT2D eigenvalue weighted by molar-refractivity contribution is -0.124. The van der Waals surface area contributed by atoms with Gasteiger partial charge in [-0.1, -0.05) is 26.8 Å². The van der Waals surface area contributed by atoms with E-state index in [-0.39, 0.29) is 18.2 Å². The van der Waals surface area contributed by atoms with Crippen LogP contribution in [0.2, 0.25) is 0 Å². The summed E-state index contributed by atoms with van der Waals surface area (Å²) in [5.41, 5.74) is 0.377. The van der Waals surface area contributed by atoms with Crippen LogP contribution >= 0.6 is 0 Å². The molecule has 1 heterocycles. The van der Waals surface area contributed by atoms with Crippen molar-refractivity contribution in [1.29, 1.82) is 0 Å². The Hall–Kier alpha value is -1.65. The average molecular weight is 238 g/mol. The first-order chi connectivity index (χ1) is 7.90. The molecule has 5 nitrogen and oxygen atoms in total. The van der Waals surface area contributed by atoms with E-state index < -0.39 is 11.8 Å². The summed E-state index contributed by atoms with van der Waals surface area (Å²) >= 11 is 0. The molecule has 1 atom stereocenters. The maximum Gasteiger partial charge on any atom is 0.253 e. The highest BCUT2D eigenvalue weighted by molar-refractivity contribution is 6.13. The maximum atomic E-state index is 11.7. The van der Waals surface area contributed by atoms with Gasteiger partial charge in [-0.2, -0.15) is 0 Å². The van der Waals surface area contributed by atoms with Crippen molar-refractivity contribution in [3.05, 3.63) is 11.6 Å². The smallest absolute Gasteiger partial charge is 0.253 e. The molecule has 2 N–H and O–H groups in total. The maximum absolute atomic E-state index is 11.7. The number of nitrogens with one attached hydrogen (secondary N) is 2. The number of hydrogen-bond acceptors (Lipinski definition) is 3. The molecule has 0 aromatic heterocycles. The lowest BCUT2D eigenvalue weighted by atomic mass is 10.1. The van der Waals surface area contributed by atoms with Crippen LogP contribution in [0, 0.1) is 11.8 Å². The first-order valence-corrected chi connectivity index (χ1v) is 5.72. The Morgan fingerprint density at radius 1 is 1.41 bits per heavy atom. The molecule has 0 aliphatic carbocycles. The standard InChI is InChI=1S/C12H18N2O3/c1-7(2)6-13-11(16)8(3)4-9-5-10(15)14-12(9)17/h4,7-8H,5-6H2,1-3H3,(H,13,16)(H,14,15,17)/b9-4+. The molecule has 0 spiro atoms. The van der Waals surface area contributed by atoms with Crippen LogP contribution in [-0.4, -0.2) is 24.3 Å². The van der Waals surface area contributed by atoms with Crippen LogP contribution in [0.4, 0.5) is 0 Å². The molecule has 0 aromatic carbocycles. The van der Waals surface area contributed by atoms with Gasteiger partial charge in [-0.05, 0) is 5.92 Å². The van der Waals surface area contributed by atoms with Gasteiger partial charge in [0.1, 0.15) is 0 Å². The van der Waals surface area contributed by atoms with E-state index in [0.29, 0.717) is 18.0 Å². The van der Waals surface area contributed by atoms with E-state index in [1.54, 1.807) is 13.0 Å². The fraction of sp³-hybridized carbons (Fsp3) is 0.583. The summed E-state index contributed by atoms with van der Waals surface area (Å²) < 4.78 is 0. The van der Waals surface area contributed by atoms with Crippen molar-refractivity contribution >= 4 is 17.7 Å². The largest absolute Gasteiger partial charge is 0.355 e. The third kappa shape index (κ3) is 4.01. The number of imide groups is 1. The van der Waals surface area contributed by atoms with Crippen molar-refractivity contribution in [2.45, 2.75) is 27.2 Å². The Balaban J connectivity index is 2.56. The lowest BCUT2D eigenvalue weighted by Gasteiger charge is -2.10. The van der Waals surface area contributed by atoms with Gasteiger partial charge < -0.3 is 5.32 Å². The average Bonchev–Trinajstić information content (AvgIpc) is 2.53. The minimum atomic E-state index is -0.402. The van der Waals surface area contributed by atoms with Gasteiger partial charge in [-0.25, -0.2) is 0 Å². The number of carbonyl (C=O) groups is 3. The second-order valence-electron chi connectivity index (χ2n) is 4.67. The first-order valence-electron chi connectivity index (χ1n) is 5.72. The molecule has 5 heteroatoms. The summed E-state index contributed by atoms with van der Waals surface area (Å²) in [7, 11) is 0. The van der Waals surface area contributed by atoms with Crippen LogP contribution in [-0.2, 0) is 14.4 Å². The van der Waals surface area contributed by atoms with Crippen LogP contribution in [0.25, 0.3) is 0 Å². The topological polar surface area (TPSA) is 75.3 Å². The second-order valence-corrected chi connectivity index (χ2v) is 4.67. The molecular formula is C12H18N2O3. The predicted octanol–water partition coefficient (Wildman–Crippen LogP) is 0.368. The van der Waals surface area contributed by atoms with E-state index in [0.717, 1.165) is 0 Å². The third-order valence-electron chi connectivity index (χ3n) is 2.44. The van der Waals surface area contributed by atoms with Crippen LogP contribution < -0.4 is 10.6 Å². The van der Waals surface area contributed by atoms with Crippen LogP contribution in [0.15, 0.2) is 11.6 Å². The highest BCUT2D eigenvalue weighted by atomic mass is 16.2. The van der Waals surface area contributed by atoms with Gasteiger partial charge >= 0.3 is 0 Å². The summed E-state index contributed by atoms with van der Waals surface area (Å²) in [6.45, 7) is 6.33. The summed E-state index contributed by atoms with van der Waals surface area (Å²) in [5, 5.41) is 4.97. The molecule has 0 radical (unpaired) electrons. The Morgan fingerprint density at radius 2 is 2.06 bits per heavy atom. The van der Waals surface area contributed by atoms with E-state index in [9.17, 15) is 14.4 Å². The summed E-state index contributed by atoms with van der Waals surface area (Å²) in [5.74, 6) is -0.844. The van der Waals surface area contributed by atoms with E-state index in [4.69, 9.17) is 0 Å². The molecule has 0 saturated carbocycles. The monoisotopic (exact) mass is 238 g/mol. The highest BCUT2D eigenvalue weighted by Crippen LogP contribution is 2.12. The zero-order valence-corrected chi connectivity index (χ0v) is 10.4. The van der Waals surface area contributed by atoms with Gasteiger partial charge in [0.25, 0.3) is 5.91 Å². The number of rotatable bonds is 4. The Bertz CT molecular complexity index is 372. The zero-order chi connectivity index (χ0) is 13.0. The molecular weight excluding hydrogens is 220 g/mol. The molecule has 1 fully saturated rings. The summed E-state index contributed by atoms with van der Waals surface area (Å²) in [6.07, 6.45) is 1.62. The molecule has 1 aliphatic rings. The van der Waals surface area contributed by atoms with E-state index in [1.807, 2.05) is 13.8 Å². The van der Waals surface area contributed by atoms with E-state index in [1.165, 1.54) is 0 Å². The number of amides is 3. The van der Waals surface area contributed by atoms with Crippen molar-refractivity contribution in [3.8, 4) is 0 Å². The lowest BCUT2D eigenvalue weighted by Crippen LogP contribution is -2.31. The van der Waals surface area contributed by atoms with Gasteiger partial charge in [0.15, 0.2) is 0 Å². The zero-order valence-electron chi connectivity index (χ0n) is 10.4. The third-order valence-corrected chi connectivity index (χ3v) is 2.44. The summed E-state index contributed by atoms with van der Waals surface area (Å²) in [4.78, 5) is 33.9. The molecule has 94 valence electrons. The Morgan fingerprint density at radius 3 is 2.53 bits per heavy atom. The van der Waals surface area contributed by atoms with Crippen LogP contribution in [0.5, 0.6) is 0 Å². The Labute approximate surface area is 101 Å². The SMILES string of the molecule is CC(C)CNC(=O)C(C)/C=C1\CC(=O)NC1=O. The molecule has 1 saturated heterocycles. The molecule has 1 unspecified atom stereocenters. The van der Waals surface area contributed by atoms with Crippen molar-refractivity contribution in [1.82, 2.24) is 10.6 Å². The Kier molecular flexibility index (Phi) is 4.43. The van der Waals surface area contributed by atoms with Gasteiger partial charge in [-0.3, -0.25) is 19.7 Å². The highest BCUT2D eigenvalue weighted by Gasteiger charge is 2.25. The number of hydrogen-bond donors (Lipinski definition) is 2. The summed E-state index contributed by atoms with van der Waals surface area (Å²) in [6, 6.07) is 0. The van der Waals surface area contributed by atoms with Gasteiger partial charge in [0.2, 0.25) is 11.8 Å². The minimum absolute atomic E-state index is 0.0701. The quantitative estimate of drug-likeness (QED) is 0.549. The van der Waals surface area contributed by atoms with Gasteiger partial charge in [0.05, 0.1) is 12.3 Å². The predicted molar refractivity (Wildman–Crippen MR) is 62.9 cm³/mol. The molecule has 0 bridgehead atoms. The van der Waals surface area contributed by atoms with Crippen LogP contribution in [0.1, 0.15) is 27.2 Å². The number of carbonyl (C=O) groups excluding carboxylic acids is 3. The van der Waals surface area contributed by atoms with Crippen LogP contribution in [0.3, 0.4) is 0 Å². The fourth-order valence-electron chi connectivity index (χ4n) is 1.48. The normalized spacial score (nSPS) is 19.6.